The van der Waals surface area contributed by atoms with Crippen molar-refractivity contribution in [2.45, 2.75) is 13.8 Å². The monoisotopic (exact) mass is 334 g/mol. The Hall–Kier alpha value is -2.54. The quantitative estimate of drug-likeness (QED) is 0.749. The Labute approximate surface area is 135 Å². The van der Waals surface area contributed by atoms with Crippen LogP contribution >= 0.6 is 0 Å². The smallest absolute Gasteiger partial charge is 0.259 e. The molecule has 0 heterocycles. The van der Waals surface area contributed by atoms with Gasteiger partial charge in [-0.3, -0.25) is 9.52 Å². The lowest BCUT2D eigenvalue weighted by molar-refractivity contribution is 0.102. The first kappa shape index (κ1) is 16.8. The van der Waals surface area contributed by atoms with Crippen molar-refractivity contribution in [2.24, 2.45) is 0 Å². The summed E-state index contributed by atoms with van der Waals surface area (Å²) in [6, 6.07) is 9.39. The van der Waals surface area contributed by atoms with E-state index in [0.717, 1.165) is 17.4 Å². The average molecular weight is 334 g/mol. The van der Waals surface area contributed by atoms with Gasteiger partial charge in [-0.15, -0.1) is 0 Å². The fourth-order valence-electron chi connectivity index (χ4n) is 2.01. The summed E-state index contributed by atoms with van der Waals surface area (Å²) >= 11 is 0. The summed E-state index contributed by atoms with van der Waals surface area (Å²) < 4.78 is 24.8. The van der Waals surface area contributed by atoms with Crippen LogP contribution in [-0.2, 0) is 10.0 Å². The van der Waals surface area contributed by atoms with Gasteiger partial charge in [0.2, 0.25) is 10.0 Å². The lowest BCUT2D eigenvalue weighted by Crippen LogP contribution is -2.14. The van der Waals surface area contributed by atoms with E-state index in [0.29, 0.717) is 5.69 Å². The van der Waals surface area contributed by atoms with Gasteiger partial charge in [-0.05, 0) is 55.3 Å². The molecule has 0 spiro atoms. The van der Waals surface area contributed by atoms with Crippen molar-refractivity contribution in [2.75, 3.05) is 16.3 Å². The highest BCUT2D eigenvalue weighted by Gasteiger charge is 2.14. The van der Waals surface area contributed by atoms with Crippen LogP contribution in [0.3, 0.4) is 0 Å². The minimum absolute atomic E-state index is 0.0168. The largest absolute Gasteiger partial charge is 0.507 e. The number of aryl methyl sites for hydroxylation is 2. The van der Waals surface area contributed by atoms with Gasteiger partial charge in [0.25, 0.3) is 5.91 Å². The predicted octanol–water partition coefficient (Wildman–Crippen LogP) is 2.63. The van der Waals surface area contributed by atoms with E-state index in [9.17, 15) is 18.3 Å². The van der Waals surface area contributed by atoms with E-state index >= 15 is 0 Å². The zero-order valence-electron chi connectivity index (χ0n) is 13.0. The summed E-state index contributed by atoms with van der Waals surface area (Å²) in [6.07, 6.45) is 1.01. The van der Waals surface area contributed by atoms with Gasteiger partial charge in [0.1, 0.15) is 5.75 Å². The van der Waals surface area contributed by atoms with Crippen molar-refractivity contribution in [3.8, 4) is 5.75 Å². The first-order valence-corrected chi connectivity index (χ1v) is 8.74. The molecule has 23 heavy (non-hydrogen) atoms. The number of benzene rings is 2. The Bertz CT molecular complexity index is 860. The summed E-state index contributed by atoms with van der Waals surface area (Å²) in [5, 5.41) is 12.5. The molecule has 0 atom stereocenters. The third-order valence-electron chi connectivity index (χ3n) is 3.31. The number of amides is 1. The molecule has 122 valence electrons. The number of carbonyl (C=O) groups is 1. The second-order valence-electron chi connectivity index (χ2n) is 5.36. The summed E-state index contributed by atoms with van der Waals surface area (Å²) in [5.41, 5.74) is 2.91. The highest BCUT2D eigenvalue weighted by atomic mass is 32.2. The SMILES string of the molecule is Cc1ccc(NC(=O)c2cc(NS(C)(=O)=O)ccc2O)cc1C. The van der Waals surface area contributed by atoms with E-state index in [1.807, 2.05) is 26.0 Å². The van der Waals surface area contributed by atoms with E-state index in [2.05, 4.69) is 10.0 Å². The number of hydrogen-bond donors (Lipinski definition) is 3. The van der Waals surface area contributed by atoms with E-state index in [1.54, 1.807) is 6.07 Å². The molecule has 0 radical (unpaired) electrons. The van der Waals surface area contributed by atoms with Crippen molar-refractivity contribution in [1.29, 1.82) is 0 Å². The topological polar surface area (TPSA) is 95.5 Å². The number of carbonyl (C=O) groups excluding carboxylic acids is 1. The third kappa shape index (κ3) is 4.46. The standard InChI is InChI=1S/C16H18N2O4S/c1-10-4-5-12(8-11(10)2)17-16(20)14-9-13(6-7-15(14)19)18-23(3,21)22/h4-9,18-19H,1-3H3,(H,17,20). The van der Waals surface area contributed by atoms with Crippen LogP contribution in [0.1, 0.15) is 21.5 Å². The van der Waals surface area contributed by atoms with Crippen molar-refractivity contribution in [1.82, 2.24) is 0 Å². The Morgan fingerprint density at radius 2 is 1.65 bits per heavy atom. The van der Waals surface area contributed by atoms with Crippen LogP contribution < -0.4 is 10.0 Å². The molecule has 0 saturated carbocycles. The molecule has 0 fully saturated rings. The van der Waals surface area contributed by atoms with E-state index in [4.69, 9.17) is 0 Å². The molecule has 2 rings (SSSR count). The van der Waals surface area contributed by atoms with Gasteiger partial charge in [0.05, 0.1) is 11.8 Å². The molecular formula is C16H18N2O4S. The van der Waals surface area contributed by atoms with E-state index in [1.165, 1.54) is 18.2 Å². The van der Waals surface area contributed by atoms with Gasteiger partial charge in [0, 0.05) is 11.4 Å². The molecule has 1 amide bonds. The second kappa shape index (κ2) is 6.29. The number of phenolic OH excluding ortho intramolecular Hbond substituents is 1. The number of hydrogen-bond acceptors (Lipinski definition) is 4. The minimum Gasteiger partial charge on any atom is -0.507 e. The van der Waals surface area contributed by atoms with E-state index in [-0.39, 0.29) is 17.0 Å². The molecule has 0 aliphatic heterocycles. The van der Waals surface area contributed by atoms with Crippen LogP contribution in [0.25, 0.3) is 0 Å². The molecular weight excluding hydrogens is 316 g/mol. The highest BCUT2D eigenvalue weighted by Crippen LogP contribution is 2.24. The number of aromatic hydroxyl groups is 1. The number of rotatable bonds is 4. The van der Waals surface area contributed by atoms with Gasteiger partial charge in [-0.2, -0.15) is 0 Å². The number of nitrogens with one attached hydrogen (secondary N) is 2. The van der Waals surface area contributed by atoms with Crippen LogP contribution in [0, 0.1) is 13.8 Å². The summed E-state index contributed by atoms with van der Waals surface area (Å²) in [5.74, 6) is -0.756. The molecule has 3 N–H and O–H groups in total. The second-order valence-corrected chi connectivity index (χ2v) is 7.11. The van der Waals surface area contributed by atoms with Gasteiger partial charge < -0.3 is 10.4 Å². The lowest BCUT2D eigenvalue weighted by Gasteiger charge is -2.11. The lowest BCUT2D eigenvalue weighted by atomic mass is 10.1. The Morgan fingerprint density at radius 3 is 2.26 bits per heavy atom. The zero-order chi connectivity index (χ0) is 17.2. The fraction of sp³-hybridized carbons (Fsp3) is 0.188. The minimum atomic E-state index is -3.47. The van der Waals surface area contributed by atoms with Gasteiger partial charge in [-0.25, -0.2) is 8.42 Å². The van der Waals surface area contributed by atoms with Crippen LogP contribution in [0.5, 0.6) is 5.75 Å². The zero-order valence-corrected chi connectivity index (χ0v) is 13.9. The molecule has 6 nitrogen and oxygen atoms in total. The molecule has 2 aromatic rings. The molecule has 0 aliphatic carbocycles. The maximum Gasteiger partial charge on any atom is 0.259 e. The van der Waals surface area contributed by atoms with Crippen LogP contribution in [0.2, 0.25) is 0 Å². The summed E-state index contributed by atoms with van der Waals surface area (Å²) in [7, 11) is -3.47. The summed E-state index contributed by atoms with van der Waals surface area (Å²) in [6.45, 7) is 3.90. The number of sulfonamides is 1. The van der Waals surface area contributed by atoms with Crippen LogP contribution in [0.4, 0.5) is 11.4 Å². The molecule has 7 heteroatoms. The normalized spacial score (nSPS) is 11.1. The average Bonchev–Trinajstić information content (AvgIpc) is 2.43. The van der Waals surface area contributed by atoms with Crippen molar-refractivity contribution >= 4 is 27.3 Å². The fourth-order valence-corrected chi connectivity index (χ4v) is 2.57. The highest BCUT2D eigenvalue weighted by molar-refractivity contribution is 7.92. The van der Waals surface area contributed by atoms with Crippen molar-refractivity contribution in [3.05, 3.63) is 53.1 Å². The molecule has 2 aromatic carbocycles. The van der Waals surface area contributed by atoms with Gasteiger partial charge >= 0.3 is 0 Å². The van der Waals surface area contributed by atoms with E-state index < -0.39 is 15.9 Å². The summed E-state index contributed by atoms with van der Waals surface area (Å²) in [4.78, 5) is 12.3. The Balaban J connectivity index is 2.27. The Morgan fingerprint density at radius 1 is 1.00 bits per heavy atom. The van der Waals surface area contributed by atoms with Crippen molar-refractivity contribution in [3.63, 3.8) is 0 Å². The molecule has 0 aromatic heterocycles. The maximum absolute atomic E-state index is 12.3. The number of phenols is 1. The molecule has 0 bridgehead atoms. The first-order chi connectivity index (χ1) is 10.7. The molecule has 0 unspecified atom stereocenters. The Kier molecular flexibility index (Phi) is 4.60. The van der Waals surface area contributed by atoms with Crippen LogP contribution in [-0.4, -0.2) is 25.7 Å². The first-order valence-electron chi connectivity index (χ1n) is 6.85. The maximum atomic E-state index is 12.3. The predicted molar refractivity (Wildman–Crippen MR) is 90.4 cm³/mol. The third-order valence-corrected chi connectivity index (χ3v) is 3.92. The molecule has 0 aliphatic rings. The van der Waals surface area contributed by atoms with Crippen LogP contribution in [0.15, 0.2) is 36.4 Å². The van der Waals surface area contributed by atoms with Crippen molar-refractivity contribution < 1.29 is 18.3 Å². The van der Waals surface area contributed by atoms with Gasteiger partial charge in [-0.1, -0.05) is 6.07 Å². The molecule has 0 saturated heterocycles. The van der Waals surface area contributed by atoms with Gasteiger partial charge in [0.15, 0.2) is 0 Å². The number of anilines is 2.